The molecule has 5 heteroatoms. The summed E-state index contributed by atoms with van der Waals surface area (Å²) in [5.74, 6) is 0. The van der Waals surface area contributed by atoms with Gasteiger partial charge in [0.15, 0.2) is 0 Å². The molecule has 2 heterocycles. The minimum absolute atomic E-state index is 0.757. The van der Waals surface area contributed by atoms with Gasteiger partial charge in [-0.25, -0.2) is 4.98 Å². The Balaban J connectivity index is 1.66. The standard InChI is InChI=1S/C15H16N2OS2/c19-15(17-6-8-18-9-7-17)10-14-16-13(11-20-14)12-4-2-1-3-5-12/h1-5,11H,6-10H2. The molecule has 20 heavy (non-hydrogen) atoms. The largest absolute Gasteiger partial charge is 0.378 e. The van der Waals surface area contributed by atoms with Crippen molar-refractivity contribution in [3.63, 3.8) is 0 Å². The van der Waals surface area contributed by atoms with Crippen LogP contribution in [0.5, 0.6) is 0 Å². The summed E-state index contributed by atoms with van der Waals surface area (Å²) >= 11 is 7.20. The molecule has 1 aromatic carbocycles. The van der Waals surface area contributed by atoms with Crippen LogP contribution in [0.15, 0.2) is 35.7 Å². The zero-order valence-electron chi connectivity index (χ0n) is 11.1. The lowest BCUT2D eigenvalue weighted by atomic mass is 10.2. The molecule has 1 aliphatic heterocycles. The van der Waals surface area contributed by atoms with E-state index in [0.717, 1.165) is 54.0 Å². The molecule has 3 rings (SSSR count). The number of thiocarbonyl (C=S) groups is 1. The van der Waals surface area contributed by atoms with Crippen LogP contribution in [0.3, 0.4) is 0 Å². The normalized spacial score (nSPS) is 15.3. The number of benzene rings is 1. The molecule has 0 bridgehead atoms. The van der Waals surface area contributed by atoms with E-state index in [0.29, 0.717) is 0 Å². The highest BCUT2D eigenvalue weighted by Gasteiger charge is 2.15. The van der Waals surface area contributed by atoms with Gasteiger partial charge in [0.25, 0.3) is 0 Å². The fraction of sp³-hybridized carbons (Fsp3) is 0.333. The minimum Gasteiger partial charge on any atom is -0.378 e. The smallest absolute Gasteiger partial charge is 0.1000 e. The van der Waals surface area contributed by atoms with Crippen molar-refractivity contribution in [2.75, 3.05) is 26.3 Å². The Bertz CT molecular complexity index is 577. The van der Waals surface area contributed by atoms with Gasteiger partial charge in [0, 0.05) is 24.0 Å². The Morgan fingerprint density at radius 2 is 2.00 bits per heavy atom. The predicted octanol–water partition coefficient (Wildman–Crippen LogP) is 3.01. The van der Waals surface area contributed by atoms with Crippen molar-refractivity contribution in [2.45, 2.75) is 6.42 Å². The molecule has 1 saturated heterocycles. The van der Waals surface area contributed by atoms with Gasteiger partial charge in [-0.3, -0.25) is 0 Å². The Morgan fingerprint density at radius 3 is 2.75 bits per heavy atom. The van der Waals surface area contributed by atoms with Crippen molar-refractivity contribution in [3.8, 4) is 11.3 Å². The first kappa shape index (κ1) is 13.7. The van der Waals surface area contributed by atoms with Gasteiger partial charge < -0.3 is 9.64 Å². The van der Waals surface area contributed by atoms with E-state index in [1.54, 1.807) is 11.3 Å². The molecule has 0 radical (unpaired) electrons. The summed E-state index contributed by atoms with van der Waals surface area (Å²) in [4.78, 5) is 7.89. The third-order valence-electron chi connectivity index (χ3n) is 3.29. The predicted molar refractivity (Wildman–Crippen MR) is 86.2 cm³/mol. The van der Waals surface area contributed by atoms with Gasteiger partial charge in [-0.2, -0.15) is 0 Å². The summed E-state index contributed by atoms with van der Waals surface area (Å²) in [5.41, 5.74) is 2.20. The van der Waals surface area contributed by atoms with E-state index in [2.05, 4.69) is 27.4 Å². The van der Waals surface area contributed by atoms with Gasteiger partial charge >= 0.3 is 0 Å². The number of aromatic nitrogens is 1. The van der Waals surface area contributed by atoms with E-state index in [1.165, 1.54) is 0 Å². The first-order valence-electron chi connectivity index (χ1n) is 6.68. The Kier molecular flexibility index (Phi) is 4.40. The second kappa shape index (κ2) is 6.43. The summed E-state index contributed by atoms with van der Waals surface area (Å²) in [6, 6.07) is 10.3. The lowest BCUT2D eigenvalue weighted by molar-refractivity contribution is 0.0684. The van der Waals surface area contributed by atoms with Gasteiger partial charge in [0.1, 0.15) is 0 Å². The van der Waals surface area contributed by atoms with Crippen LogP contribution in [-0.4, -0.2) is 41.2 Å². The van der Waals surface area contributed by atoms with E-state index in [9.17, 15) is 0 Å². The molecule has 0 spiro atoms. The lowest BCUT2D eigenvalue weighted by Crippen LogP contribution is -2.40. The maximum atomic E-state index is 5.52. The average Bonchev–Trinajstić information content (AvgIpc) is 2.97. The zero-order valence-corrected chi connectivity index (χ0v) is 12.8. The fourth-order valence-corrected chi connectivity index (χ4v) is 3.41. The highest BCUT2D eigenvalue weighted by Crippen LogP contribution is 2.22. The van der Waals surface area contributed by atoms with Crippen LogP contribution < -0.4 is 0 Å². The first-order chi connectivity index (χ1) is 9.83. The van der Waals surface area contributed by atoms with Gasteiger partial charge in [0.05, 0.1) is 35.3 Å². The maximum absolute atomic E-state index is 5.52. The van der Waals surface area contributed by atoms with Crippen LogP contribution in [0.2, 0.25) is 0 Å². The molecule has 0 amide bonds. The van der Waals surface area contributed by atoms with Crippen molar-refractivity contribution in [3.05, 3.63) is 40.7 Å². The average molecular weight is 304 g/mol. The fourth-order valence-electron chi connectivity index (χ4n) is 2.19. The van der Waals surface area contributed by atoms with E-state index in [4.69, 9.17) is 17.0 Å². The van der Waals surface area contributed by atoms with Crippen LogP contribution in [0.25, 0.3) is 11.3 Å². The maximum Gasteiger partial charge on any atom is 0.1000 e. The molecule has 104 valence electrons. The van der Waals surface area contributed by atoms with E-state index < -0.39 is 0 Å². The highest BCUT2D eigenvalue weighted by atomic mass is 32.1. The first-order valence-corrected chi connectivity index (χ1v) is 7.97. The molecule has 1 aliphatic rings. The number of thiazole rings is 1. The molecule has 2 aromatic rings. The van der Waals surface area contributed by atoms with Crippen LogP contribution >= 0.6 is 23.6 Å². The quantitative estimate of drug-likeness (QED) is 0.814. The molecule has 0 unspecified atom stereocenters. The lowest BCUT2D eigenvalue weighted by Gasteiger charge is -2.28. The summed E-state index contributed by atoms with van der Waals surface area (Å²) in [7, 11) is 0. The molecule has 1 aromatic heterocycles. The molecule has 1 fully saturated rings. The molecule has 0 aliphatic carbocycles. The third-order valence-corrected chi connectivity index (χ3v) is 4.54. The van der Waals surface area contributed by atoms with E-state index >= 15 is 0 Å². The number of rotatable bonds is 3. The monoisotopic (exact) mass is 304 g/mol. The van der Waals surface area contributed by atoms with Crippen molar-refractivity contribution < 1.29 is 4.74 Å². The molecular weight excluding hydrogens is 288 g/mol. The van der Waals surface area contributed by atoms with Gasteiger partial charge in [-0.1, -0.05) is 42.5 Å². The number of ether oxygens (including phenoxy) is 1. The summed E-state index contributed by atoms with van der Waals surface area (Å²) in [6.45, 7) is 3.34. The molecule has 0 saturated carbocycles. The topological polar surface area (TPSA) is 25.4 Å². The van der Waals surface area contributed by atoms with E-state index in [1.807, 2.05) is 18.2 Å². The minimum atomic E-state index is 0.757. The number of hydrogen-bond donors (Lipinski definition) is 0. The second-order valence-corrected chi connectivity index (χ2v) is 6.08. The van der Waals surface area contributed by atoms with Crippen molar-refractivity contribution in [1.29, 1.82) is 0 Å². The second-order valence-electron chi connectivity index (χ2n) is 4.66. The van der Waals surface area contributed by atoms with Crippen LogP contribution in [0.1, 0.15) is 5.01 Å². The molecule has 3 nitrogen and oxygen atoms in total. The zero-order chi connectivity index (χ0) is 13.8. The van der Waals surface area contributed by atoms with Gasteiger partial charge in [-0.15, -0.1) is 11.3 Å². The Labute approximate surface area is 128 Å². The third kappa shape index (κ3) is 3.23. The van der Waals surface area contributed by atoms with Crippen molar-refractivity contribution in [2.24, 2.45) is 0 Å². The number of morpholine rings is 1. The number of hydrogen-bond acceptors (Lipinski definition) is 4. The molecule has 0 atom stereocenters. The Morgan fingerprint density at radius 1 is 1.25 bits per heavy atom. The molecule has 0 N–H and O–H groups in total. The highest BCUT2D eigenvalue weighted by molar-refractivity contribution is 7.80. The van der Waals surface area contributed by atoms with Crippen molar-refractivity contribution in [1.82, 2.24) is 9.88 Å². The summed E-state index contributed by atoms with van der Waals surface area (Å²) < 4.78 is 5.35. The van der Waals surface area contributed by atoms with Crippen molar-refractivity contribution >= 4 is 28.5 Å². The van der Waals surface area contributed by atoms with Gasteiger partial charge in [0.2, 0.25) is 0 Å². The van der Waals surface area contributed by atoms with E-state index in [-0.39, 0.29) is 0 Å². The SMILES string of the molecule is S=C(Cc1nc(-c2ccccc2)cs1)N1CCOCC1. The Hall–Kier alpha value is -1.30. The summed E-state index contributed by atoms with van der Waals surface area (Å²) in [5, 5.41) is 3.19. The summed E-state index contributed by atoms with van der Waals surface area (Å²) in [6.07, 6.45) is 0.757. The van der Waals surface area contributed by atoms with Crippen LogP contribution in [-0.2, 0) is 11.2 Å². The van der Waals surface area contributed by atoms with Crippen LogP contribution in [0.4, 0.5) is 0 Å². The number of nitrogens with zero attached hydrogens (tertiary/aromatic N) is 2. The van der Waals surface area contributed by atoms with Gasteiger partial charge in [-0.05, 0) is 0 Å². The molecular formula is C15H16N2OS2. The van der Waals surface area contributed by atoms with Crippen LogP contribution in [0, 0.1) is 0 Å².